The Morgan fingerprint density at radius 1 is 1.58 bits per heavy atom. The average molecular weight is 246 g/mol. The standard InChI is InChI=1S/C9H6BrClO/c1-2-3-6-4-7(11)5-8(10)9(6)12/h1,4-5,12H,3H2. The predicted octanol–water partition coefficient (Wildman–Crippen LogP) is 2.98. The molecule has 1 nitrogen and oxygen atoms in total. The molecular formula is C9H6BrClO. The first-order chi connectivity index (χ1) is 5.65. The summed E-state index contributed by atoms with van der Waals surface area (Å²) in [6, 6.07) is 3.28. The molecule has 0 spiro atoms. The van der Waals surface area contributed by atoms with Crippen molar-refractivity contribution in [3.63, 3.8) is 0 Å². The Morgan fingerprint density at radius 2 is 2.25 bits per heavy atom. The maximum Gasteiger partial charge on any atom is 0.134 e. The van der Waals surface area contributed by atoms with E-state index < -0.39 is 0 Å². The van der Waals surface area contributed by atoms with Gasteiger partial charge in [-0.1, -0.05) is 11.6 Å². The number of phenols is 1. The van der Waals surface area contributed by atoms with E-state index in [0.29, 0.717) is 21.5 Å². The van der Waals surface area contributed by atoms with Crippen molar-refractivity contribution in [1.82, 2.24) is 0 Å². The number of phenolic OH excluding ortho intramolecular Hbond substituents is 1. The van der Waals surface area contributed by atoms with E-state index in [-0.39, 0.29) is 5.75 Å². The van der Waals surface area contributed by atoms with Crippen LogP contribution < -0.4 is 0 Å². The molecule has 0 fully saturated rings. The number of terminal acetylenes is 1. The number of hydrogen-bond donors (Lipinski definition) is 1. The van der Waals surface area contributed by atoms with Crippen LogP contribution in [0.15, 0.2) is 16.6 Å². The van der Waals surface area contributed by atoms with Gasteiger partial charge in [0.25, 0.3) is 0 Å². The zero-order valence-electron chi connectivity index (χ0n) is 6.14. The molecule has 1 aromatic rings. The molecule has 0 aliphatic carbocycles. The molecule has 0 bridgehead atoms. The Bertz CT molecular complexity index is 341. The summed E-state index contributed by atoms with van der Waals surface area (Å²) < 4.78 is 0.570. The van der Waals surface area contributed by atoms with Gasteiger partial charge in [-0.25, -0.2) is 0 Å². The molecule has 0 unspecified atom stereocenters. The van der Waals surface area contributed by atoms with Crippen LogP contribution in [0.2, 0.25) is 5.02 Å². The molecule has 0 heterocycles. The minimum Gasteiger partial charge on any atom is -0.506 e. The van der Waals surface area contributed by atoms with Crippen LogP contribution in [0.5, 0.6) is 5.75 Å². The minimum atomic E-state index is 0.164. The SMILES string of the molecule is C#CCc1cc(Cl)cc(Br)c1O. The van der Waals surface area contributed by atoms with Crippen LogP contribution in [0.4, 0.5) is 0 Å². The molecule has 0 amide bonds. The fourth-order valence-electron chi connectivity index (χ4n) is 0.864. The van der Waals surface area contributed by atoms with Gasteiger partial charge >= 0.3 is 0 Å². The second kappa shape index (κ2) is 3.84. The van der Waals surface area contributed by atoms with E-state index in [0.717, 1.165) is 0 Å². The fraction of sp³-hybridized carbons (Fsp3) is 0.111. The van der Waals surface area contributed by atoms with Gasteiger partial charge in [-0.05, 0) is 28.1 Å². The molecule has 0 aromatic heterocycles. The van der Waals surface area contributed by atoms with Crippen molar-refractivity contribution in [3.8, 4) is 18.1 Å². The molecule has 0 atom stereocenters. The van der Waals surface area contributed by atoms with Crippen molar-refractivity contribution in [3.05, 3.63) is 27.2 Å². The maximum absolute atomic E-state index is 9.45. The van der Waals surface area contributed by atoms with Crippen molar-refractivity contribution in [2.24, 2.45) is 0 Å². The third kappa shape index (κ3) is 1.94. The van der Waals surface area contributed by atoms with Crippen LogP contribution in [-0.2, 0) is 6.42 Å². The maximum atomic E-state index is 9.45. The summed E-state index contributed by atoms with van der Waals surface area (Å²) in [5.74, 6) is 2.60. The van der Waals surface area contributed by atoms with Gasteiger partial charge in [-0.15, -0.1) is 12.3 Å². The lowest BCUT2D eigenvalue weighted by Gasteiger charge is -2.03. The molecule has 0 radical (unpaired) electrons. The molecule has 12 heavy (non-hydrogen) atoms. The molecule has 0 aliphatic rings. The van der Waals surface area contributed by atoms with Gasteiger partial charge in [-0.2, -0.15) is 0 Å². The van der Waals surface area contributed by atoms with Crippen LogP contribution in [0.1, 0.15) is 5.56 Å². The van der Waals surface area contributed by atoms with Gasteiger partial charge in [0.15, 0.2) is 0 Å². The van der Waals surface area contributed by atoms with E-state index in [1.54, 1.807) is 12.1 Å². The van der Waals surface area contributed by atoms with E-state index >= 15 is 0 Å². The lowest BCUT2D eigenvalue weighted by Crippen LogP contribution is -1.83. The van der Waals surface area contributed by atoms with E-state index in [1.165, 1.54) is 0 Å². The normalized spacial score (nSPS) is 9.42. The third-order valence-corrected chi connectivity index (χ3v) is 2.22. The van der Waals surface area contributed by atoms with Crippen LogP contribution >= 0.6 is 27.5 Å². The highest BCUT2D eigenvalue weighted by atomic mass is 79.9. The van der Waals surface area contributed by atoms with E-state index in [1.807, 2.05) is 0 Å². The number of hydrogen-bond acceptors (Lipinski definition) is 1. The summed E-state index contributed by atoms with van der Waals surface area (Å²) in [7, 11) is 0. The Labute approximate surface area is 84.5 Å². The summed E-state index contributed by atoms with van der Waals surface area (Å²) >= 11 is 8.91. The quantitative estimate of drug-likeness (QED) is 0.754. The minimum absolute atomic E-state index is 0.164. The Hall–Kier alpha value is -0.650. The van der Waals surface area contributed by atoms with E-state index in [9.17, 15) is 5.11 Å². The number of aromatic hydroxyl groups is 1. The van der Waals surface area contributed by atoms with Gasteiger partial charge in [0.1, 0.15) is 5.75 Å². The van der Waals surface area contributed by atoms with E-state index in [4.69, 9.17) is 18.0 Å². The Kier molecular flexibility index (Phi) is 3.02. The lowest BCUT2D eigenvalue weighted by molar-refractivity contribution is 0.466. The molecule has 3 heteroatoms. The van der Waals surface area contributed by atoms with Gasteiger partial charge in [-0.3, -0.25) is 0 Å². The Balaban J connectivity index is 3.20. The third-order valence-electron chi connectivity index (χ3n) is 1.40. The average Bonchev–Trinajstić information content (AvgIpc) is 2.00. The van der Waals surface area contributed by atoms with Gasteiger partial charge in [0.2, 0.25) is 0 Å². The second-order valence-corrected chi connectivity index (χ2v) is 3.57. The van der Waals surface area contributed by atoms with Crippen LogP contribution in [-0.4, -0.2) is 5.11 Å². The fourth-order valence-corrected chi connectivity index (χ4v) is 1.74. The second-order valence-electron chi connectivity index (χ2n) is 2.28. The molecule has 0 saturated carbocycles. The van der Waals surface area contributed by atoms with Crippen LogP contribution in [0, 0.1) is 12.3 Å². The largest absolute Gasteiger partial charge is 0.506 e. The highest BCUT2D eigenvalue weighted by molar-refractivity contribution is 9.10. The molecule has 1 aromatic carbocycles. The highest BCUT2D eigenvalue weighted by Crippen LogP contribution is 2.31. The topological polar surface area (TPSA) is 20.2 Å². The summed E-state index contributed by atoms with van der Waals surface area (Å²) in [5.41, 5.74) is 0.664. The number of rotatable bonds is 1. The molecule has 0 saturated heterocycles. The van der Waals surface area contributed by atoms with Gasteiger partial charge < -0.3 is 5.11 Å². The first kappa shape index (κ1) is 9.44. The number of benzene rings is 1. The first-order valence-electron chi connectivity index (χ1n) is 3.25. The van der Waals surface area contributed by atoms with Crippen LogP contribution in [0.3, 0.4) is 0 Å². The monoisotopic (exact) mass is 244 g/mol. The van der Waals surface area contributed by atoms with Crippen molar-refractivity contribution in [1.29, 1.82) is 0 Å². The molecular weight excluding hydrogens is 239 g/mol. The van der Waals surface area contributed by atoms with Crippen molar-refractivity contribution < 1.29 is 5.11 Å². The van der Waals surface area contributed by atoms with Crippen molar-refractivity contribution >= 4 is 27.5 Å². The summed E-state index contributed by atoms with van der Waals surface area (Å²) in [5, 5.41) is 10.0. The van der Waals surface area contributed by atoms with Crippen molar-refractivity contribution in [2.75, 3.05) is 0 Å². The smallest absolute Gasteiger partial charge is 0.134 e. The summed E-state index contributed by atoms with van der Waals surface area (Å²) in [6.07, 6.45) is 5.49. The first-order valence-corrected chi connectivity index (χ1v) is 4.42. The molecule has 1 rings (SSSR count). The van der Waals surface area contributed by atoms with Crippen molar-refractivity contribution in [2.45, 2.75) is 6.42 Å². The summed E-state index contributed by atoms with van der Waals surface area (Å²) in [4.78, 5) is 0. The highest BCUT2D eigenvalue weighted by Gasteiger charge is 2.05. The number of halogens is 2. The summed E-state index contributed by atoms with van der Waals surface area (Å²) in [6.45, 7) is 0. The predicted molar refractivity (Wildman–Crippen MR) is 53.4 cm³/mol. The molecule has 0 aliphatic heterocycles. The van der Waals surface area contributed by atoms with Crippen LogP contribution in [0.25, 0.3) is 0 Å². The molecule has 1 N–H and O–H groups in total. The van der Waals surface area contributed by atoms with E-state index in [2.05, 4.69) is 21.9 Å². The lowest BCUT2D eigenvalue weighted by atomic mass is 10.1. The molecule has 62 valence electrons. The zero-order valence-corrected chi connectivity index (χ0v) is 8.48. The van der Waals surface area contributed by atoms with Gasteiger partial charge in [0, 0.05) is 17.0 Å². The zero-order chi connectivity index (χ0) is 9.14. The van der Waals surface area contributed by atoms with Gasteiger partial charge in [0.05, 0.1) is 4.47 Å². The Morgan fingerprint density at radius 3 is 2.83 bits per heavy atom.